The van der Waals surface area contributed by atoms with Crippen molar-refractivity contribution in [3.8, 4) is 0 Å². The highest BCUT2D eigenvalue weighted by Gasteiger charge is 2.49. The molecule has 2 heterocycles. The summed E-state index contributed by atoms with van der Waals surface area (Å²) in [7, 11) is 2.08. The summed E-state index contributed by atoms with van der Waals surface area (Å²) in [6.45, 7) is 3.12. The lowest BCUT2D eigenvalue weighted by atomic mass is 9.54. The van der Waals surface area contributed by atoms with Crippen molar-refractivity contribution in [2.75, 3.05) is 19.7 Å². The summed E-state index contributed by atoms with van der Waals surface area (Å²) in [6.07, 6.45) is 8.55. The Morgan fingerprint density at radius 3 is 2.58 bits per heavy atom. The average Bonchev–Trinajstić information content (AvgIpc) is 3.02. The Morgan fingerprint density at radius 1 is 1.19 bits per heavy atom. The van der Waals surface area contributed by atoms with Gasteiger partial charge in [0.25, 0.3) is 5.91 Å². The van der Waals surface area contributed by atoms with Crippen LogP contribution < -0.4 is 5.32 Å². The molecule has 6 rings (SSSR count). The molecule has 0 spiro atoms. The summed E-state index contributed by atoms with van der Waals surface area (Å²) in [4.78, 5) is 15.3. The van der Waals surface area contributed by atoms with E-state index < -0.39 is 0 Å². The maximum Gasteiger partial charge on any atom is 0.250 e. The van der Waals surface area contributed by atoms with Gasteiger partial charge >= 0.3 is 0 Å². The van der Waals surface area contributed by atoms with E-state index in [1.165, 1.54) is 37.8 Å². The van der Waals surface area contributed by atoms with Gasteiger partial charge in [0.15, 0.2) is 0 Å². The number of hydrogen-bond acceptors (Lipinski definition) is 3. The van der Waals surface area contributed by atoms with Crippen LogP contribution in [0.4, 0.5) is 0 Å². The zero-order valence-corrected chi connectivity index (χ0v) is 15.8. The lowest BCUT2D eigenvalue weighted by Gasteiger charge is -2.54. The van der Waals surface area contributed by atoms with Crippen LogP contribution in [0.1, 0.15) is 37.8 Å². The van der Waals surface area contributed by atoms with Gasteiger partial charge < -0.3 is 14.6 Å². The van der Waals surface area contributed by atoms with Gasteiger partial charge in [0.05, 0.1) is 6.61 Å². The van der Waals surface area contributed by atoms with Crippen molar-refractivity contribution in [1.29, 1.82) is 0 Å². The number of hydrogen-bond donors (Lipinski definition) is 1. The largest absolute Gasteiger partial charge is 0.366 e. The van der Waals surface area contributed by atoms with Crippen molar-refractivity contribution in [1.82, 2.24) is 14.8 Å². The molecular formula is C21H31N3O2. The highest BCUT2D eigenvalue weighted by Crippen LogP contribution is 2.53. The maximum atomic E-state index is 12.9. The number of nitrogens with one attached hydrogen (secondary N) is 1. The second kappa shape index (κ2) is 6.68. The third kappa shape index (κ3) is 3.09. The summed E-state index contributed by atoms with van der Waals surface area (Å²) in [5.41, 5.74) is 1.28. The number of ether oxygens (including phenoxy) is 1. The predicted molar refractivity (Wildman–Crippen MR) is 99.4 cm³/mol. The Labute approximate surface area is 156 Å². The summed E-state index contributed by atoms with van der Waals surface area (Å²) in [5, 5.41) is 3.43. The van der Waals surface area contributed by atoms with Crippen LogP contribution in [0.5, 0.6) is 0 Å². The van der Waals surface area contributed by atoms with Gasteiger partial charge in [-0.25, -0.2) is 0 Å². The molecule has 1 aromatic rings. The molecule has 1 atom stereocenters. The summed E-state index contributed by atoms with van der Waals surface area (Å²) in [6, 6.07) is 4.63. The highest BCUT2D eigenvalue weighted by atomic mass is 16.5. The minimum atomic E-state index is -0.318. The predicted octanol–water partition coefficient (Wildman–Crippen LogP) is 2.17. The molecule has 5 fully saturated rings. The molecule has 1 saturated heterocycles. The topological polar surface area (TPSA) is 46.5 Å². The smallest absolute Gasteiger partial charge is 0.250 e. The lowest BCUT2D eigenvalue weighted by Crippen LogP contribution is -2.59. The molecule has 5 heteroatoms. The fourth-order valence-corrected chi connectivity index (χ4v) is 6.31. The van der Waals surface area contributed by atoms with Gasteiger partial charge in [-0.05, 0) is 67.9 Å². The van der Waals surface area contributed by atoms with E-state index in [0.717, 1.165) is 36.8 Å². The van der Waals surface area contributed by atoms with Gasteiger partial charge in [0, 0.05) is 44.6 Å². The third-order valence-corrected chi connectivity index (χ3v) is 7.42. The first-order valence-corrected chi connectivity index (χ1v) is 10.4. The minimum Gasteiger partial charge on any atom is -0.366 e. The molecule has 1 unspecified atom stereocenters. The van der Waals surface area contributed by atoms with Crippen LogP contribution in [0.25, 0.3) is 0 Å². The molecule has 1 aromatic heterocycles. The van der Waals surface area contributed by atoms with Gasteiger partial charge in [-0.1, -0.05) is 0 Å². The molecule has 26 heavy (non-hydrogen) atoms. The van der Waals surface area contributed by atoms with Gasteiger partial charge in [0.1, 0.15) is 6.10 Å². The van der Waals surface area contributed by atoms with E-state index in [4.69, 9.17) is 4.74 Å². The normalized spacial score (nSPS) is 39.3. The Kier molecular flexibility index (Phi) is 4.32. The lowest BCUT2D eigenvalue weighted by molar-refractivity contribution is -0.142. The number of nitrogens with zero attached hydrogens (tertiary/aromatic N) is 2. The first-order valence-electron chi connectivity index (χ1n) is 10.4. The van der Waals surface area contributed by atoms with Crippen LogP contribution in [0, 0.1) is 23.7 Å². The fourth-order valence-electron chi connectivity index (χ4n) is 6.31. The molecule has 1 aliphatic heterocycles. The number of carbonyl (C=O) groups excluding carboxylic acids is 1. The Hall–Kier alpha value is -1.33. The van der Waals surface area contributed by atoms with E-state index in [0.29, 0.717) is 19.2 Å². The van der Waals surface area contributed by atoms with Crippen molar-refractivity contribution < 1.29 is 9.53 Å². The van der Waals surface area contributed by atoms with Crippen molar-refractivity contribution in [2.45, 2.75) is 50.8 Å². The van der Waals surface area contributed by atoms with Crippen molar-refractivity contribution in [2.24, 2.45) is 30.7 Å². The van der Waals surface area contributed by atoms with Crippen molar-refractivity contribution in [3.05, 3.63) is 24.0 Å². The molecule has 1 N–H and O–H groups in total. The standard InChI is InChI=1S/C21H31N3O2/c1-23-4-2-3-18(23)12-24-5-6-26-19(13-24)21(25)22-20-16-8-14-7-15(10-16)11-17(20)9-14/h2-4,14-17,19-20H,5-13H2,1H3,(H,22,25). The summed E-state index contributed by atoms with van der Waals surface area (Å²) in [5.74, 6) is 3.45. The van der Waals surface area contributed by atoms with Gasteiger partial charge in [-0.15, -0.1) is 0 Å². The molecule has 4 aliphatic carbocycles. The summed E-state index contributed by atoms with van der Waals surface area (Å²) < 4.78 is 8.00. The monoisotopic (exact) mass is 357 g/mol. The number of rotatable bonds is 4. The Balaban J connectivity index is 1.20. The number of morpholine rings is 1. The van der Waals surface area contributed by atoms with Crippen LogP contribution in [0.3, 0.4) is 0 Å². The van der Waals surface area contributed by atoms with E-state index >= 15 is 0 Å². The van der Waals surface area contributed by atoms with Gasteiger partial charge in [-0.2, -0.15) is 0 Å². The number of aromatic nitrogens is 1. The summed E-state index contributed by atoms with van der Waals surface area (Å²) >= 11 is 0. The van der Waals surface area contributed by atoms with E-state index in [-0.39, 0.29) is 12.0 Å². The van der Waals surface area contributed by atoms with Crippen molar-refractivity contribution in [3.63, 3.8) is 0 Å². The molecular weight excluding hydrogens is 326 g/mol. The van der Waals surface area contributed by atoms with Crippen LogP contribution in [-0.4, -0.2) is 47.2 Å². The molecule has 5 aliphatic rings. The number of aryl methyl sites for hydroxylation is 1. The Bertz CT molecular complexity index is 642. The van der Waals surface area contributed by atoms with Crippen LogP contribution in [-0.2, 0) is 23.1 Å². The average molecular weight is 357 g/mol. The van der Waals surface area contributed by atoms with Crippen LogP contribution in [0.2, 0.25) is 0 Å². The number of carbonyl (C=O) groups is 1. The fraction of sp³-hybridized carbons (Fsp3) is 0.762. The molecule has 0 radical (unpaired) electrons. The van der Waals surface area contributed by atoms with Crippen LogP contribution >= 0.6 is 0 Å². The van der Waals surface area contributed by atoms with E-state index in [2.05, 4.69) is 40.2 Å². The molecule has 142 valence electrons. The zero-order chi connectivity index (χ0) is 17.7. The molecule has 1 amide bonds. The Morgan fingerprint density at radius 2 is 1.92 bits per heavy atom. The van der Waals surface area contributed by atoms with Crippen molar-refractivity contribution >= 4 is 5.91 Å². The zero-order valence-electron chi connectivity index (χ0n) is 15.8. The first-order chi connectivity index (χ1) is 12.7. The quantitative estimate of drug-likeness (QED) is 0.898. The van der Waals surface area contributed by atoms with Crippen LogP contribution in [0.15, 0.2) is 18.3 Å². The molecule has 4 bridgehead atoms. The van der Waals surface area contributed by atoms with E-state index in [9.17, 15) is 4.79 Å². The first kappa shape index (κ1) is 16.8. The molecule has 5 nitrogen and oxygen atoms in total. The van der Waals surface area contributed by atoms with Gasteiger partial charge in [0.2, 0.25) is 0 Å². The second-order valence-corrected chi connectivity index (χ2v) is 9.17. The highest BCUT2D eigenvalue weighted by molar-refractivity contribution is 5.81. The number of amides is 1. The van der Waals surface area contributed by atoms with E-state index in [1.54, 1.807) is 0 Å². The second-order valence-electron chi connectivity index (χ2n) is 9.17. The van der Waals surface area contributed by atoms with E-state index in [1.807, 2.05) is 0 Å². The molecule has 4 saturated carbocycles. The SMILES string of the molecule is Cn1cccc1CN1CCOC(C(=O)NC2C3CC4CC(C3)CC2C4)C1. The van der Waals surface area contributed by atoms with Gasteiger partial charge in [-0.3, -0.25) is 9.69 Å². The maximum absolute atomic E-state index is 12.9. The molecule has 0 aromatic carbocycles. The minimum absolute atomic E-state index is 0.124. The third-order valence-electron chi connectivity index (χ3n) is 7.42.